The number of alkyl halides is 1. The van der Waals surface area contributed by atoms with Crippen LogP contribution in [0.25, 0.3) is 0 Å². The average Bonchev–Trinajstić information content (AvgIpc) is 3.61. The number of amides is 2. The summed E-state index contributed by atoms with van der Waals surface area (Å²) in [5.74, 6) is 1.26. The molecular formula is C22H27ClN4O5. The Bertz CT molecular complexity index is 904. The summed E-state index contributed by atoms with van der Waals surface area (Å²) in [5.41, 5.74) is 9.37. The summed E-state index contributed by atoms with van der Waals surface area (Å²) in [6.07, 6.45) is -1.29. The van der Waals surface area contributed by atoms with Gasteiger partial charge in [0.2, 0.25) is 0 Å². The second kappa shape index (κ2) is 11.7. The zero-order chi connectivity index (χ0) is 22.9. The Kier molecular flexibility index (Phi) is 8.69. The molecule has 0 radical (unpaired) electrons. The predicted molar refractivity (Wildman–Crippen MR) is 121 cm³/mol. The Hall–Kier alpha value is -2.85. The van der Waals surface area contributed by atoms with Gasteiger partial charge in [0, 0.05) is 30.8 Å². The maximum Gasteiger partial charge on any atom is 0.332 e. The zero-order valence-corrected chi connectivity index (χ0v) is 18.2. The number of aliphatic hydroxyl groups excluding tert-OH is 2. The van der Waals surface area contributed by atoms with Crippen LogP contribution in [0.5, 0.6) is 11.5 Å². The Labute approximate surface area is 191 Å². The number of benzene rings is 2. The number of β-amino-alcohol motifs (C(OH)–C–C–N with tert-alkyl or cyclic N) is 1. The van der Waals surface area contributed by atoms with Crippen molar-refractivity contribution < 1.29 is 24.5 Å². The molecule has 2 aromatic carbocycles. The topological polar surface area (TPSA) is 129 Å². The summed E-state index contributed by atoms with van der Waals surface area (Å²) in [7, 11) is 0. The Morgan fingerprint density at radius 3 is 1.94 bits per heavy atom. The number of halogens is 1. The zero-order valence-electron chi connectivity index (χ0n) is 17.5. The molecule has 0 aliphatic carbocycles. The number of aliphatic hydroxyl groups is 2. The van der Waals surface area contributed by atoms with Crippen LogP contribution in [0, 0.1) is 0 Å². The molecule has 1 fully saturated rings. The molecule has 2 atom stereocenters. The molecule has 2 amide bonds. The van der Waals surface area contributed by atoms with E-state index in [9.17, 15) is 15.0 Å². The van der Waals surface area contributed by atoms with E-state index in [0.29, 0.717) is 29.3 Å². The number of carbonyl (C=O) groups is 1. The number of carbonyl (C=O) groups excluding carboxylic acids is 1. The summed E-state index contributed by atoms with van der Waals surface area (Å²) in [5, 5.41) is 23.6. The van der Waals surface area contributed by atoms with Crippen molar-refractivity contribution in [2.45, 2.75) is 12.2 Å². The number of nitrogens with one attached hydrogen (secondary N) is 1. The molecule has 10 heteroatoms. The Balaban J connectivity index is 1.68. The Morgan fingerprint density at radius 1 is 1.00 bits per heavy atom. The van der Waals surface area contributed by atoms with Crippen LogP contribution in [0.2, 0.25) is 0 Å². The van der Waals surface area contributed by atoms with E-state index < -0.39 is 18.2 Å². The molecule has 1 aliphatic heterocycles. The first-order valence-electron chi connectivity index (χ1n) is 10.2. The van der Waals surface area contributed by atoms with Crippen molar-refractivity contribution in [2.24, 2.45) is 10.8 Å². The standard InChI is InChI=1S/C22H27ClN4O5/c23-11-17(28)13-31-19-5-1-15(2-6-19)21(25-26-22(24)30)16-3-7-20(8-4-16)32-14-18(29)12-27-9-10-27/h1-8,17-18,28-29H,9-14H2,(H3,24,26,30)/b25-21-. The summed E-state index contributed by atoms with van der Waals surface area (Å²) in [6, 6.07) is 13.4. The highest BCUT2D eigenvalue weighted by Crippen LogP contribution is 2.19. The van der Waals surface area contributed by atoms with Gasteiger partial charge in [0.25, 0.3) is 0 Å². The van der Waals surface area contributed by atoms with Crippen molar-refractivity contribution in [1.82, 2.24) is 10.3 Å². The van der Waals surface area contributed by atoms with Gasteiger partial charge >= 0.3 is 6.03 Å². The fraction of sp³-hybridized carbons (Fsp3) is 0.364. The number of nitrogens with two attached hydrogens (primary N) is 1. The fourth-order valence-corrected chi connectivity index (χ4v) is 2.95. The van der Waals surface area contributed by atoms with Crippen LogP contribution in [-0.2, 0) is 0 Å². The molecule has 2 aromatic rings. The van der Waals surface area contributed by atoms with Crippen molar-refractivity contribution in [1.29, 1.82) is 0 Å². The molecule has 2 unspecified atom stereocenters. The number of rotatable bonds is 12. The highest BCUT2D eigenvalue weighted by atomic mass is 35.5. The molecule has 3 rings (SSSR count). The molecular weight excluding hydrogens is 436 g/mol. The van der Waals surface area contributed by atoms with Gasteiger partial charge in [0.05, 0.1) is 11.6 Å². The van der Waals surface area contributed by atoms with Gasteiger partial charge in [0.1, 0.15) is 36.9 Å². The molecule has 0 bridgehead atoms. The van der Waals surface area contributed by atoms with Gasteiger partial charge in [-0.2, -0.15) is 5.10 Å². The second-order valence-electron chi connectivity index (χ2n) is 7.37. The molecule has 9 nitrogen and oxygen atoms in total. The van der Waals surface area contributed by atoms with Gasteiger partial charge in [-0.3, -0.25) is 4.90 Å². The largest absolute Gasteiger partial charge is 0.491 e. The van der Waals surface area contributed by atoms with Gasteiger partial charge in [-0.15, -0.1) is 11.6 Å². The lowest BCUT2D eigenvalue weighted by molar-refractivity contribution is 0.0943. The van der Waals surface area contributed by atoms with E-state index in [-0.39, 0.29) is 19.1 Å². The highest BCUT2D eigenvalue weighted by Gasteiger charge is 2.21. The summed E-state index contributed by atoms with van der Waals surface area (Å²) >= 11 is 5.57. The van der Waals surface area contributed by atoms with Gasteiger partial charge in [-0.05, 0) is 48.5 Å². The molecule has 0 spiro atoms. The molecule has 0 saturated carbocycles. The van der Waals surface area contributed by atoms with Crippen LogP contribution in [0.4, 0.5) is 4.79 Å². The van der Waals surface area contributed by atoms with Gasteiger partial charge < -0.3 is 25.4 Å². The van der Waals surface area contributed by atoms with Crippen LogP contribution in [0.1, 0.15) is 11.1 Å². The van der Waals surface area contributed by atoms with Crippen LogP contribution >= 0.6 is 11.6 Å². The predicted octanol–water partition coefficient (Wildman–Crippen LogP) is 1.14. The van der Waals surface area contributed by atoms with Crippen LogP contribution < -0.4 is 20.6 Å². The smallest absolute Gasteiger partial charge is 0.332 e. The van der Waals surface area contributed by atoms with Crippen LogP contribution in [0.15, 0.2) is 53.6 Å². The van der Waals surface area contributed by atoms with Crippen molar-refractivity contribution in [3.05, 3.63) is 59.7 Å². The van der Waals surface area contributed by atoms with Crippen molar-refractivity contribution in [2.75, 3.05) is 38.7 Å². The minimum absolute atomic E-state index is 0.0845. The van der Waals surface area contributed by atoms with E-state index in [1.807, 2.05) is 0 Å². The molecule has 1 saturated heterocycles. The van der Waals surface area contributed by atoms with Crippen molar-refractivity contribution in [3.8, 4) is 11.5 Å². The Morgan fingerprint density at radius 2 is 1.50 bits per heavy atom. The lowest BCUT2D eigenvalue weighted by atomic mass is 10.0. The maximum atomic E-state index is 11.2. The van der Waals surface area contributed by atoms with E-state index in [2.05, 4.69) is 15.4 Å². The summed E-state index contributed by atoms with van der Waals surface area (Å²) in [6.45, 7) is 2.95. The van der Waals surface area contributed by atoms with Gasteiger partial charge in [0.15, 0.2) is 0 Å². The number of urea groups is 1. The molecule has 172 valence electrons. The summed E-state index contributed by atoms with van der Waals surface area (Å²) < 4.78 is 11.1. The van der Waals surface area contributed by atoms with E-state index >= 15 is 0 Å². The van der Waals surface area contributed by atoms with Crippen molar-refractivity contribution >= 4 is 23.3 Å². The van der Waals surface area contributed by atoms with E-state index in [0.717, 1.165) is 18.7 Å². The molecule has 1 heterocycles. The normalized spacial score (nSPS) is 15.7. The minimum atomic E-state index is -0.780. The monoisotopic (exact) mass is 462 g/mol. The minimum Gasteiger partial charge on any atom is -0.491 e. The molecule has 0 aromatic heterocycles. The van der Waals surface area contributed by atoms with Gasteiger partial charge in [-0.1, -0.05) is 0 Å². The third-order valence-electron chi connectivity index (χ3n) is 4.61. The summed E-state index contributed by atoms with van der Waals surface area (Å²) in [4.78, 5) is 13.3. The number of primary amides is 1. The number of hydrazone groups is 1. The van der Waals surface area contributed by atoms with E-state index in [1.54, 1.807) is 48.5 Å². The molecule has 1 aliphatic rings. The van der Waals surface area contributed by atoms with E-state index in [4.69, 9.17) is 26.8 Å². The van der Waals surface area contributed by atoms with Crippen LogP contribution in [-0.4, -0.2) is 77.8 Å². The third kappa shape index (κ3) is 7.69. The lowest BCUT2D eigenvalue weighted by Gasteiger charge is -2.14. The van der Waals surface area contributed by atoms with E-state index in [1.165, 1.54) is 0 Å². The maximum absolute atomic E-state index is 11.2. The molecule has 5 N–H and O–H groups in total. The SMILES string of the molecule is NC(=O)N/N=C(/c1ccc(OCC(O)CCl)cc1)c1ccc(OCC(O)CN2CC2)cc1. The number of nitrogens with zero attached hydrogens (tertiary/aromatic N) is 2. The van der Waals surface area contributed by atoms with Gasteiger partial charge in [-0.25, -0.2) is 10.2 Å². The number of hydrogen-bond donors (Lipinski definition) is 4. The fourth-order valence-electron chi connectivity index (χ4n) is 2.86. The van der Waals surface area contributed by atoms with Crippen LogP contribution in [0.3, 0.4) is 0 Å². The number of hydrogen-bond acceptors (Lipinski definition) is 7. The number of ether oxygens (including phenoxy) is 2. The third-order valence-corrected chi connectivity index (χ3v) is 4.96. The second-order valence-corrected chi connectivity index (χ2v) is 7.68. The lowest BCUT2D eigenvalue weighted by Crippen LogP contribution is -2.26. The average molecular weight is 463 g/mol. The van der Waals surface area contributed by atoms with Crippen molar-refractivity contribution in [3.63, 3.8) is 0 Å². The molecule has 32 heavy (non-hydrogen) atoms. The first kappa shape index (κ1) is 23.8. The quantitative estimate of drug-likeness (QED) is 0.162. The first-order valence-corrected chi connectivity index (χ1v) is 10.7. The first-order chi connectivity index (χ1) is 15.4. The highest BCUT2D eigenvalue weighted by molar-refractivity contribution is 6.18.